The number of hydrogen-bond acceptors (Lipinski definition) is 3. The van der Waals surface area contributed by atoms with Crippen molar-refractivity contribution in [2.24, 2.45) is 0 Å². The summed E-state index contributed by atoms with van der Waals surface area (Å²) in [6.45, 7) is 2.38. The Hall–Kier alpha value is -2.17. The first-order valence-corrected chi connectivity index (χ1v) is 7.21. The highest BCUT2D eigenvalue weighted by Gasteiger charge is 2.24. The number of aliphatic hydroxyl groups excluding tert-OH is 1. The predicted octanol–water partition coefficient (Wildman–Crippen LogP) is 2.20. The summed E-state index contributed by atoms with van der Waals surface area (Å²) in [5.41, 5.74) is 2.25. The van der Waals surface area contributed by atoms with Gasteiger partial charge in [-0.2, -0.15) is 5.10 Å². The molecule has 0 bridgehead atoms. The molecule has 0 aliphatic carbocycles. The summed E-state index contributed by atoms with van der Waals surface area (Å²) in [5.74, 6) is 0. The molecule has 1 saturated heterocycles. The molecular weight excluding hydrogens is 262 g/mol. The quantitative estimate of drug-likeness (QED) is 0.799. The first kappa shape index (κ1) is 12.6. The third kappa shape index (κ3) is 2.44. The van der Waals surface area contributed by atoms with E-state index in [0.29, 0.717) is 0 Å². The molecule has 0 amide bonds. The minimum absolute atomic E-state index is 0.152. The highest BCUT2D eigenvalue weighted by molar-refractivity contribution is 5.84. The highest BCUT2D eigenvalue weighted by Crippen LogP contribution is 2.19. The standard InChI is InChI=1S/C17H17N3O/c21-17-11-19(12-17)9-13-8-18-20(10-13)16-6-5-14-3-1-2-4-15(14)7-16/h1-8,10,17,21H,9,11-12H2. The second-order valence-electron chi connectivity index (χ2n) is 5.67. The molecule has 1 aliphatic rings. The van der Waals surface area contributed by atoms with Gasteiger partial charge in [0.25, 0.3) is 0 Å². The average molecular weight is 279 g/mol. The number of likely N-dealkylation sites (tertiary alicyclic amines) is 1. The van der Waals surface area contributed by atoms with Gasteiger partial charge in [0.2, 0.25) is 0 Å². The second-order valence-corrected chi connectivity index (χ2v) is 5.67. The van der Waals surface area contributed by atoms with Crippen molar-refractivity contribution >= 4 is 10.8 Å². The molecule has 1 aromatic heterocycles. The van der Waals surface area contributed by atoms with Gasteiger partial charge in [-0.1, -0.05) is 30.3 Å². The number of aromatic nitrogens is 2. The van der Waals surface area contributed by atoms with Crippen molar-refractivity contribution in [1.29, 1.82) is 0 Å². The van der Waals surface area contributed by atoms with Gasteiger partial charge in [0, 0.05) is 31.4 Å². The van der Waals surface area contributed by atoms with E-state index in [9.17, 15) is 5.11 Å². The molecule has 0 spiro atoms. The van der Waals surface area contributed by atoms with Crippen molar-refractivity contribution in [3.63, 3.8) is 0 Å². The zero-order valence-electron chi connectivity index (χ0n) is 11.7. The van der Waals surface area contributed by atoms with Gasteiger partial charge in [-0.25, -0.2) is 4.68 Å². The van der Waals surface area contributed by atoms with Crippen molar-refractivity contribution < 1.29 is 5.11 Å². The van der Waals surface area contributed by atoms with Crippen LogP contribution >= 0.6 is 0 Å². The van der Waals surface area contributed by atoms with Crippen LogP contribution in [0.25, 0.3) is 16.5 Å². The summed E-state index contributed by atoms with van der Waals surface area (Å²) in [4.78, 5) is 2.21. The lowest BCUT2D eigenvalue weighted by molar-refractivity contribution is -0.00287. The minimum Gasteiger partial charge on any atom is -0.390 e. The molecule has 2 aromatic carbocycles. The van der Waals surface area contributed by atoms with Crippen molar-refractivity contribution in [3.05, 3.63) is 60.4 Å². The fourth-order valence-corrected chi connectivity index (χ4v) is 2.83. The summed E-state index contributed by atoms with van der Waals surface area (Å²) in [6, 6.07) is 14.7. The van der Waals surface area contributed by atoms with Crippen LogP contribution < -0.4 is 0 Å². The number of β-amino-alcohol motifs (C(OH)–C–C–N with tert-alkyl or cyclic N) is 1. The fraction of sp³-hybridized carbons (Fsp3) is 0.235. The van der Waals surface area contributed by atoms with Crippen LogP contribution in [-0.4, -0.2) is 39.0 Å². The molecule has 2 heterocycles. The molecule has 0 unspecified atom stereocenters. The number of fused-ring (bicyclic) bond motifs is 1. The van der Waals surface area contributed by atoms with Gasteiger partial charge in [0.05, 0.1) is 18.0 Å². The molecule has 1 aliphatic heterocycles. The maximum Gasteiger partial charge on any atom is 0.0794 e. The molecule has 4 heteroatoms. The summed E-state index contributed by atoms with van der Waals surface area (Å²) in [6.07, 6.45) is 3.81. The molecule has 21 heavy (non-hydrogen) atoms. The highest BCUT2D eigenvalue weighted by atomic mass is 16.3. The van der Waals surface area contributed by atoms with Crippen LogP contribution in [0.2, 0.25) is 0 Å². The molecule has 1 N–H and O–H groups in total. The molecule has 0 saturated carbocycles. The van der Waals surface area contributed by atoms with Crippen molar-refractivity contribution in [2.45, 2.75) is 12.6 Å². The Bertz CT molecular complexity index is 774. The Kier molecular flexibility index (Phi) is 2.98. The lowest BCUT2D eigenvalue weighted by Gasteiger charge is -2.35. The van der Waals surface area contributed by atoms with Gasteiger partial charge in [-0.05, 0) is 22.9 Å². The van der Waals surface area contributed by atoms with E-state index in [4.69, 9.17) is 0 Å². The van der Waals surface area contributed by atoms with E-state index in [1.54, 1.807) is 0 Å². The van der Waals surface area contributed by atoms with E-state index in [1.807, 2.05) is 10.9 Å². The van der Waals surface area contributed by atoms with Crippen LogP contribution in [0.3, 0.4) is 0 Å². The molecule has 0 radical (unpaired) electrons. The summed E-state index contributed by atoms with van der Waals surface area (Å²) in [7, 11) is 0. The molecule has 4 rings (SSSR count). The van der Waals surface area contributed by atoms with Crippen LogP contribution in [0.15, 0.2) is 54.9 Å². The number of hydrogen-bond donors (Lipinski definition) is 1. The van der Waals surface area contributed by atoms with Crippen LogP contribution in [0.4, 0.5) is 0 Å². The summed E-state index contributed by atoms with van der Waals surface area (Å²) < 4.78 is 1.91. The van der Waals surface area contributed by atoms with E-state index in [2.05, 4.69) is 58.7 Å². The van der Waals surface area contributed by atoms with E-state index in [-0.39, 0.29) is 6.10 Å². The van der Waals surface area contributed by atoms with Crippen LogP contribution in [0.1, 0.15) is 5.56 Å². The minimum atomic E-state index is -0.152. The fourth-order valence-electron chi connectivity index (χ4n) is 2.83. The molecule has 0 atom stereocenters. The zero-order chi connectivity index (χ0) is 14.2. The first-order chi connectivity index (χ1) is 10.3. The first-order valence-electron chi connectivity index (χ1n) is 7.21. The smallest absolute Gasteiger partial charge is 0.0794 e. The average Bonchev–Trinajstić information content (AvgIpc) is 2.94. The number of nitrogens with zero attached hydrogens (tertiary/aromatic N) is 3. The maximum atomic E-state index is 9.32. The Morgan fingerprint density at radius 3 is 2.71 bits per heavy atom. The summed E-state index contributed by atoms with van der Waals surface area (Å²) in [5, 5.41) is 16.2. The van der Waals surface area contributed by atoms with E-state index >= 15 is 0 Å². The summed E-state index contributed by atoms with van der Waals surface area (Å²) >= 11 is 0. The lowest BCUT2D eigenvalue weighted by atomic mass is 10.1. The predicted molar refractivity (Wildman–Crippen MR) is 82.4 cm³/mol. The van der Waals surface area contributed by atoms with Gasteiger partial charge in [0.15, 0.2) is 0 Å². The molecule has 106 valence electrons. The van der Waals surface area contributed by atoms with Crippen LogP contribution in [-0.2, 0) is 6.54 Å². The zero-order valence-corrected chi connectivity index (χ0v) is 11.7. The van der Waals surface area contributed by atoms with E-state index in [1.165, 1.54) is 16.3 Å². The van der Waals surface area contributed by atoms with E-state index in [0.717, 1.165) is 25.3 Å². The van der Waals surface area contributed by atoms with Crippen molar-refractivity contribution in [3.8, 4) is 5.69 Å². The van der Waals surface area contributed by atoms with Gasteiger partial charge < -0.3 is 5.11 Å². The Balaban J connectivity index is 1.58. The lowest BCUT2D eigenvalue weighted by Crippen LogP contribution is -2.49. The van der Waals surface area contributed by atoms with Gasteiger partial charge in [0.1, 0.15) is 0 Å². The van der Waals surface area contributed by atoms with Gasteiger partial charge in [-0.3, -0.25) is 4.90 Å². The second kappa shape index (κ2) is 4.98. The number of aliphatic hydroxyl groups is 1. The monoisotopic (exact) mass is 279 g/mol. The van der Waals surface area contributed by atoms with Crippen LogP contribution in [0, 0.1) is 0 Å². The van der Waals surface area contributed by atoms with Gasteiger partial charge in [-0.15, -0.1) is 0 Å². The van der Waals surface area contributed by atoms with Crippen molar-refractivity contribution in [2.75, 3.05) is 13.1 Å². The SMILES string of the molecule is OC1CN(Cc2cnn(-c3ccc4ccccc4c3)c2)C1. The Morgan fingerprint density at radius 2 is 1.90 bits per heavy atom. The Labute approximate surface area is 123 Å². The molecule has 4 nitrogen and oxygen atoms in total. The topological polar surface area (TPSA) is 41.3 Å². The number of rotatable bonds is 3. The molecular formula is C17H17N3O. The maximum absolute atomic E-state index is 9.32. The number of benzene rings is 2. The molecule has 3 aromatic rings. The van der Waals surface area contributed by atoms with Crippen molar-refractivity contribution in [1.82, 2.24) is 14.7 Å². The van der Waals surface area contributed by atoms with E-state index < -0.39 is 0 Å². The molecule has 1 fully saturated rings. The van der Waals surface area contributed by atoms with Gasteiger partial charge >= 0.3 is 0 Å². The largest absolute Gasteiger partial charge is 0.390 e. The third-order valence-electron chi connectivity index (χ3n) is 3.98. The Morgan fingerprint density at radius 1 is 1.10 bits per heavy atom. The van der Waals surface area contributed by atoms with Crippen LogP contribution in [0.5, 0.6) is 0 Å². The normalized spacial score (nSPS) is 16.2. The third-order valence-corrected chi connectivity index (χ3v) is 3.98.